The number of phenols is 2. The zero-order valence-corrected chi connectivity index (χ0v) is 14.8. The summed E-state index contributed by atoms with van der Waals surface area (Å²) in [6.07, 6.45) is 3.78. The lowest BCUT2D eigenvalue weighted by Gasteiger charge is -2.11. The maximum Gasteiger partial charge on any atom is 0.134 e. The van der Waals surface area contributed by atoms with Crippen molar-refractivity contribution in [3.05, 3.63) is 58.8 Å². The molecule has 0 aliphatic carbocycles. The van der Waals surface area contributed by atoms with E-state index >= 15 is 0 Å². The summed E-state index contributed by atoms with van der Waals surface area (Å²) in [6, 6.07) is 10.3. The largest absolute Gasteiger partial charge is 0.508 e. The van der Waals surface area contributed by atoms with Gasteiger partial charge in [-0.2, -0.15) is 0 Å². The minimum atomic E-state index is -0.0172. The van der Waals surface area contributed by atoms with Crippen LogP contribution in [0.3, 0.4) is 0 Å². The van der Waals surface area contributed by atoms with Crippen LogP contribution < -0.4 is 0 Å². The molecule has 0 amide bonds. The van der Waals surface area contributed by atoms with Gasteiger partial charge < -0.3 is 20.2 Å². The predicted molar refractivity (Wildman–Crippen MR) is 106 cm³/mol. The van der Waals surface area contributed by atoms with Gasteiger partial charge in [-0.05, 0) is 42.0 Å². The first-order valence-corrected chi connectivity index (χ1v) is 8.71. The Hall–Kier alpha value is -2.82. The number of hydrogen-bond acceptors (Lipinski definition) is 2. The van der Waals surface area contributed by atoms with Crippen molar-refractivity contribution in [2.24, 2.45) is 0 Å². The second-order valence-electron chi connectivity index (χ2n) is 6.24. The van der Waals surface area contributed by atoms with Gasteiger partial charge in [-0.3, -0.25) is 0 Å². The molecule has 0 unspecified atom stereocenters. The van der Waals surface area contributed by atoms with Gasteiger partial charge in [0.2, 0.25) is 0 Å². The second kappa shape index (κ2) is 5.34. The Morgan fingerprint density at radius 3 is 2.46 bits per heavy atom. The number of aromatic amines is 2. The Bertz CT molecular complexity index is 1330. The van der Waals surface area contributed by atoms with Crippen LogP contribution in [-0.2, 0) is 0 Å². The lowest BCUT2D eigenvalue weighted by Crippen LogP contribution is -1.85. The molecule has 2 aromatic heterocycles. The van der Waals surface area contributed by atoms with Crippen LogP contribution in [0.15, 0.2) is 48.8 Å². The summed E-state index contributed by atoms with van der Waals surface area (Å²) in [4.78, 5) is 6.51. The lowest BCUT2D eigenvalue weighted by molar-refractivity contribution is 0.475. The van der Waals surface area contributed by atoms with E-state index in [0.29, 0.717) is 10.6 Å². The molecule has 128 valence electrons. The molecule has 2 heterocycles. The van der Waals surface area contributed by atoms with Gasteiger partial charge in [0.25, 0.3) is 0 Å². The van der Waals surface area contributed by atoms with Gasteiger partial charge in [0, 0.05) is 50.5 Å². The Labute approximate surface area is 157 Å². The topological polar surface area (TPSA) is 72.0 Å². The highest BCUT2D eigenvalue weighted by Gasteiger charge is 2.19. The van der Waals surface area contributed by atoms with Gasteiger partial charge >= 0.3 is 0 Å². The van der Waals surface area contributed by atoms with E-state index in [1.54, 1.807) is 18.2 Å². The first-order chi connectivity index (χ1) is 12.5. The number of benzene rings is 3. The van der Waals surface area contributed by atoms with Crippen LogP contribution >= 0.6 is 23.2 Å². The average molecular weight is 383 g/mol. The van der Waals surface area contributed by atoms with Gasteiger partial charge in [0.05, 0.1) is 10.0 Å². The van der Waals surface area contributed by atoms with Crippen LogP contribution in [0, 0.1) is 0 Å². The summed E-state index contributed by atoms with van der Waals surface area (Å²) >= 11 is 12.8. The summed E-state index contributed by atoms with van der Waals surface area (Å²) in [6.45, 7) is 0. The standard InChI is InChI=1S/C20H12Cl2N2O2/c21-14-2-4-17(26)20(22)19(14)10-6-16-18(13-8-23-7-12(10)13)11-5-9(25)1-3-15(11)24-16/h1-8,23-26H. The third kappa shape index (κ3) is 2.03. The normalized spacial score (nSPS) is 11.8. The number of halogens is 2. The maximum atomic E-state index is 10.0. The third-order valence-electron chi connectivity index (χ3n) is 4.74. The van der Waals surface area contributed by atoms with E-state index in [1.807, 2.05) is 24.5 Å². The molecule has 0 saturated carbocycles. The molecule has 0 spiro atoms. The zero-order valence-electron chi connectivity index (χ0n) is 13.3. The molecule has 0 bridgehead atoms. The molecule has 0 radical (unpaired) electrons. The molecule has 5 aromatic rings. The Morgan fingerprint density at radius 2 is 1.62 bits per heavy atom. The molecule has 26 heavy (non-hydrogen) atoms. The van der Waals surface area contributed by atoms with Crippen molar-refractivity contribution in [2.45, 2.75) is 0 Å². The summed E-state index contributed by atoms with van der Waals surface area (Å²) in [5.41, 5.74) is 3.21. The molecule has 6 heteroatoms. The molecule has 0 fully saturated rings. The van der Waals surface area contributed by atoms with Crippen molar-refractivity contribution in [3.63, 3.8) is 0 Å². The number of aromatic nitrogens is 2. The van der Waals surface area contributed by atoms with Crippen molar-refractivity contribution >= 4 is 55.8 Å². The molecule has 0 atom stereocenters. The van der Waals surface area contributed by atoms with Crippen molar-refractivity contribution in [1.82, 2.24) is 9.97 Å². The van der Waals surface area contributed by atoms with E-state index in [4.69, 9.17) is 23.2 Å². The molecular formula is C20H12Cl2N2O2. The van der Waals surface area contributed by atoms with Crippen molar-refractivity contribution in [2.75, 3.05) is 0 Å². The summed E-state index contributed by atoms with van der Waals surface area (Å²) < 4.78 is 0. The van der Waals surface area contributed by atoms with E-state index in [-0.39, 0.29) is 16.5 Å². The van der Waals surface area contributed by atoms with E-state index in [2.05, 4.69) is 9.97 Å². The van der Waals surface area contributed by atoms with E-state index in [9.17, 15) is 10.2 Å². The second-order valence-corrected chi connectivity index (χ2v) is 7.02. The van der Waals surface area contributed by atoms with Crippen LogP contribution in [0.1, 0.15) is 0 Å². The molecule has 4 nitrogen and oxygen atoms in total. The van der Waals surface area contributed by atoms with Crippen LogP contribution in [-0.4, -0.2) is 20.2 Å². The Balaban J connectivity index is 1.98. The van der Waals surface area contributed by atoms with Crippen molar-refractivity contribution in [1.29, 1.82) is 0 Å². The molecule has 0 saturated heterocycles. The molecule has 3 aromatic carbocycles. The van der Waals surface area contributed by atoms with Gasteiger partial charge in [-0.1, -0.05) is 23.2 Å². The Morgan fingerprint density at radius 1 is 0.808 bits per heavy atom. The fourth-order valence-electron chi connectivity index (χ4n) is 3.61. The van der Waals surface area contributed by atoms with Crippen LogP contribution in [0.25, 0.3) is 43.7 Å². The molecule has 4 N–H and O–H groups in total. The number of phenolic OH excluding ortho intramolecular Hbond substituents is 2. The highest BCUT2D eigenvalue weighted by Crippen LogP contribution is 2.45. The minimum absolute atomic E-state index is 0.0172. The fourth-order valence-corrected chi connectivity index (χ4v) is 4.18. The number of hydrogen-bond donors (Lipinski definition) is 4. The first-order valence-electron chi connectivity index (χ1n) is 7.96. The lowest BCUT2D eigenvalue weighted by atomic mass is 9.97. The van der Waals surface area contributed by atoms with Gasteiger partial charge in [0.15, 0.2) is 0 Å². The summed E-state index contributed by atoms with van der Waals surface area (Å²) in [5.74, 6) is 0.196. The first kappa shape index (κ1) is 15.4. The minimum Gasteiger partial charge on any atom is -0.508 e. The highest BCUT2D eigenvalue weighted by atomic mass is 35.5. The number of nitrogens with one attached hydrogen (secondary N) is 2. The van der Waals surface area contributed by atoms with Gasteiger partial charge in [0.1, 0.15) is 11.5 Å². The van der Waals surface area contributed by atoms with Crippen molar-refractivity contribution in [3.8, 4) is 22.6 Å². The molecule has 5 rings (SSSR count). The Kier molecular flexibility index (Phi) is 3.17. The summed E-state index contributed by atoms with van der Waals surface area (Å²) in [5, 5.41) is 24.4. The van der Waals surface area contributed by atoms with Gasteiger partial charge in [-0.15, -0.1) is 0 Å². The number of rotatable bonds is 1. The molecular weight excluding hydrogens is 371 g/mol. The number of fused-ring (bicyclic) bond motifs is 5. The SMILES string of the molecule is Oc1ccc2[nH]c3cc(-c4c(Cl)ccc(O)c4Cl)c4c[nH]cc4c3c2c1. The van der Waals surface area contributed by atoms with E-state index in [1.165, 1.54) is 6.07 Å². The summed E-state index contributed by atoms with van der Waals surface area (Å²) in [7, 11) is 0. The third-order valence-corrected chi connectivity index (χ3v) is 5.44. The molecule has 0 aliphatic heterocycles. The zero-order chi connectivity index (χ0) is 18.0. The quantitative estimate of drug-likeness (QED) is 0.279. The van der Waals surface area contributed by atoms with Crippen LogP contribution in [0.4, 0.5) is 0 Å². The maximum absolute atomic E-state index is 10.0. The van der Waals surface area contributed by atoms with E-state index in [0.717, 1.165) is 38.1 Å². The number of H-pyrrole nitrogens is 2. The van der Waals surface area contributed by atoms with Crippen molar-refractivity contribution < 1.29 is 10.2 Å². The number of aromatic hydroxyl groups is 2. The average Bonchev–Trinajstić information content (AvgIpc) is 3.22. The van der Waals surface area contributed by atoms with Crippen LogP contribution in [0.2, 0.25) is 10.0 Å². The van der Waals surface area contributed by atoms with E-state index < -0.39 is 0 Å². The molecule has 0 aliphatic rings. The fraction of sp³-hybridized carbons (Fsp3) is 0. The monoisotopic (exact) mass is 382 g/mol. The predicted octanol–water partition coefficient (Wildman–Crippen LogP) is 6.19. The van der Waals surface area contributed by atoms with Gasteiger partial charge in [-0.25, -0.2) is 0 Å². The van der Waals surface area contributed by atoms with Crippen LogP contribution in [0.5, 0.6) is 11.5 Å². The highest BCUT2D eigenvalue weighted by molar-refractivity contribution is 6.41. The smallest absolute Gasteiger partial charge is 0.134 e.